The third-order valence-electron chi connectivity index (χ3n) is 3.31. The van der Waals surface area contributed by atoms with Gasteiger partial charge in [0.2, 0.25) is 0 Å². The van der Waals surface area contributed by atoms with Crippen LogP contribution in [-0.4, -0.2) is 35.6 Å². The highest BCUT2D eigenvalue weighted by molar-refractivity contribution is 7.91. The molecule has 0 radical (unpaired) electrons. The van der Waals surface area contributed by atoms with Crippen LogP contribution in [0.1, 0.15) is 28.5 Å². The van der Waals surface area contributed by atoms with Crippen molar-refractivity contribution in [1.82, 2.24) is 9.38 Å². The maximum absolute atomic E-state index is 11.5. The maximum Gasteiger partial charge on any atom is 0.166 e. The van der Waals surface area contributed by atoms with Crippen molar-refractivity contribution in [3.8, 4) is 0 Å². The quantitative estimate of drug-likeness (QED) is 0.760. The predicted molar refractivity (Wildman–Crippen MR) is 66.6 cm³/mol. The van der Waals surface area contributed by atoms with E-state index in [9.17, 15) is 13.2 Å². The highest BCUT2D eigenvalue weighted by Gasteiger charge is 2.30. The molecule has 1 fully saturated rings. The van der Waals surface area contributed by atoms with E-state index in [0.717, 1.165) is 12.0 Å². The number of sulfone groups is 1. The van der Waals surface area contributed by atoms with Crippen molar-refractivity contribution in [2.45, 2.75) is 12.3 Å². The van der Waals surface area contributed by atoms with Crippen molar-refractivity contribution in [1.29, 1.82) is 0 Å². The summed E-state index contributed by atoms with van der Waals surface area (Å²) < 4.78 is 24.6. The van der Waals surface area contributed by atoms with E-state index in [1.807, 2.05) is 0 Å². The lowest BCUT2D eigenvalue weighted by molar-refractivity contribution is 0.111. The number of hydrogen-bond acceptors (Lipinski definition) is 4. The summed E-state index contributed by atoms with van der Waals surface area (Å²) in [5.74, 6) is 0.341. The Labute approximate surface area is 104 Å². The Bertz CT molecular complexity index is 718. The highest BCUT2D eigenvalue weighted by atomic mass is 32.2. The maximum atomic E-state index is 11.5. The molecule has 6 heteroatoms. The number of pyridine rings is 1. The minimum atomic E-state index is -2.92. The van der Waals surface area contributed by atoms with E-state index >= 15 is 0 Å². The van der Waals surface area contributed by atoms with Gasteiger partial charge in [-0.15, -0.1) is 0 Å². The van der Waals surface area contributed by atoms with Gasteiger partial charge in [-0.2, -0.15) is 0 Å². The Kier molecular flexibility index (Phi) is 2.48. The molecular formula is C12H12N2O3S. The molecule has 1 saturated heterocycles. The summed E-state index contributed by atoms with van der Waals surface area (Å²) in [6.45, 7) is 0. The SMILES string of the molecule is O=Cc1cccc2nc(C3CCS(=O)(=O)C3)cn12. The van der Waals surface area contributed by atoms with E-state index in [1.165, 1.54) is 0 Å². The van der Waals surface area contributed by atoms with E-state index in [4.69, 9.17) is 0 Å². The lowest BCUT2D eigenvalue weighted by atomic mass is 10.1. The lowest BCUT2D eigenvalue weighted by Crippen LogP contribution is -2.03. The van der Waals surface area contributed by atoms with Crippen LogP contribution in [0.15, 0.2) is 24.4 Å². The average molecular weight is 264 g/mol. The Morgan fingerprint density at radius 2 is 2.22 bits per heavy atom. The van der Waals surface area contributed by atoms with Gasteiger partial charge in [-0.3, -0.25) is 9.20 Å². The number of aldehydes is 1. The molecule has 1 unspecified atom stereocenters. The summed E-state index contributed by atoms with van der Waals surface area (Å²) in [6.07, 6.45) is 3.15. The van der Waals surface area contributed by atoms with Gasteiger partial charge in [-0.1, -0.05) is 6.07 Å². The first-order valence-corrected chi connectivity index (χ1v) is 7.55. The molecule has 0 spiro atoms. The number of rotatable bonds is 2. The minimum Gasteiger partial charge on any atom is -0.297 e. The molecule has 0 N–H and O–H groups in total. The van der Waals surface area contributed by atoms with Gasteiger partial charge in [0.1, 0.15) is 5.65 Å². The molecule has 0 aromatic carbocycles. The summed E-state index contributed by atoms with van der Waals surface area (Å²) >= 11 is 0. The molecule has 94 valence electrons. The topological polar surface area (TPSA) is 68.5 Å². The number of nitrogens with zero attached hydrogens (tertiary/aromatic N) is 2. The van der Waals surface area contributed by atoms with E-state index < -0.39 is 9.84 Å². The van der Waals surface area contributed by atoms with Crippen LogP contribution in [-0.2, 0) is 9.84 Å². The van der Waals surface area contributed by atoms with Gasteiger partial charge >= 0.3 is 0 Å². The second-order valence-electron chi connectivity index (χ2n) is 4.56. The number of hydrogen-bond donors (Lipinski definition) is 0. The molecule has 0 aliphatic carbocycles. The largest absolute Gasteiger partial charge is 0.297 e. The zero-order chi connectivity index (χ0) is 12.8. The van der Waals surface area contributed by atoms with Crippen LogP contribution in [0.3, 0.4) is 0 Å². The number of imidazole rings is 1. The fraction of sp³-hybridized carbons (Fsp3) is 0.333. The molecule has 0 saturated carbocycles. The van der Waals surface area contributed by atoms with Crippen LogP contribution in [0.2, 0.25) is 0 Å². The molecular weight excluding hydrogens is 252 g/mol. The van der Waals surface area contributed by atoms with Crippen molar-refractivity contribution in [3.05, 3.63) is 35.8 Å². The zero-order valence-corrected chi connectivity index (χ0v) is 10.4. The zero-order valence-electron chi connectivity index (χ0n) is 9.61. The second kappa shape index (κ2) is 3.91. The Morgan fingerprint density at radius 3 is 2.89 bits per heavy atom. The molecule has 1 aliphatic rings. The summed E-state index contributed by atoms with van der Waals surface area (Å²) in [4.78, 5) is 15.3. The van der Waals surface area contributed by atoms with Crippen LogP contribution >= 0.6 is 0 Å². The summed E-state index contributed by atoms with van der Waals surface area (Å²) in [7, 11) is -2.92. The molecule has 1 atom stereocenters. The van der Waals surface area contributed by atoms with Gasteiger partial charge in [-0.05, 0) is 18.6 Å². The van der Waals surface area contributed by atoms with Gasteiger partial charge in [-0.25, -0.2) is 13.4 Å². The number of carbonyl (C=O) groups excluding carboxylic acids is 1. The summed E-state index contributed by atoms with van der Waals surface area (Å²) in [5, 5.41) is 0. The molecule has 3 heterocycles. The van der Waals surface area contributed by atoms with Crippen LogP contribution in [0.25, 0.3) is 5.65 Å². The Morgan fingerprint density at radius 1 is 1.39 bits per heavy atom. The van der Waals surface area contributed by atoms with Crippen molar-refractivity contribution in [2.24, 2.45) is 0 Å². The molecule has 0 amide bonds. The number of aromatic nitrogens is 2. The van der Waals surface area contributed by atoms with E-state index in [2.05, 4.69) is 4.98 Å². The monoisotopic (exact) mass is 264 g/mol. The highest BCUT2D eigenvalue weighted by Crippen LogP contribution is 2.28. The standard InChI is InChI=1S/C12H12N2O3S/c15-7-10-2-1-3-12-13-11(6-14(10)12)9-4-5-18(16,17)8-9/h1-3,6-7,9H,4-5,8H2. The first kappa shape index (κ1) is 11.4. The fourth-order valence-corrected chi connectivity index (χ4v) is 4.13. The van der Waals surface area contributed by atoms with E-state index in [0.29, 0.717) is 17.8 Å². The Balaban J connectivity index is 2.07. The lowest BCUT2D eigenvalue weighted by Gasteiger charge is -2.00. The summed E-state index contributed by atoms with van der Waals surface area (Å²) in [5.41, 5.74) is 1.95. The second-order valence-corrected chi connectivity index (χ2v) is 6.79. The van der Waals surface area contributed by atoms with Gasteiger partial charge < -0.3 is 0 Å². The normalized spacial score (nSPS) is 22.3. The molecule has 0 bridgehead atoms. The Hall–Kier alpha value is -1.69. The molecule has 18 heavy (non-hydrogen) atoms. The first-order chi connectivity index (χ1) is 8.59. The van der Waals surface area contributed by atoms with Crippen LogP contribution in [0.5, 0.6) is 0 Å². The van der Waals surface area contributed by atoms with Crippen LogP contribution in [0.4, 0.5) is 0 Å². The van der Waals surface area contributed by atoms with Crippen molar-refractivity contribution in [2.75, 3.05) is 11.5 Å². The third kappa shape index (κ3) is 1.82. The number of carbonyl (C=O) groups is 1. The minimum absolute atomic E-state index is 0.0468. The van der Waals surface area contributed by atoms with Gasteiger partial charge in [0.25, 0.3) is 0 Å². The van der Waals surface area contributed by atoms with Crippen molar-refractivity contribution in [3.63, 3.8) is 0 Å². The molecule has 2 aromatic rings. The smallest absolute Gasteiger partial charge is 0.166 e. The van der Waals surface area contributed by atoms with Gasteiger partial charge in [0.15, 0.2) is 16.1 Å². The molecule has 2 aromatic heterocycles. The van der Waals surface area contributed by atoms with Gasteiger partial charge in [0, 0.05) is 12.1 Å². The first-order valence-electron chi connectivity index (χ1n) is 5.73. The summed E-state index contributed by atoms with van der Waals surface area (Å²) in [6, 6.07) is 5.28. The van der Waals surface area contributed by atoms with Crippen molar-refractivity contribution < 1.29 is 13.2 Å². The predicted octanol–water partition coefficient (Wildman–Crippen LogP) is 1.05. The molecule has 3 rings (SSSR count). The van der Waals surface area contributed by atoms with E-state index in [-0.39, 0.29) is 17.4 Å². The van der Waals surface area contributed by atoms with Crippen LogP contribution in [0, 0.1) is 0 Å². The van der Waals surface area contributed by atoms with Gasteiger partial charge in [0.05, 0.1) is 22.9 Å². The fourth-order valence-electron chi connectivity index (χ4n) is 2.37. The van der Waals surface area contributed by atoms with Crippen LogP contribution < -0.4 is 0 Å². The molecule has 5 nitrogen and oxygen atoms in total. The average Bonchev–Trinajstić information content (AvgIpc) is 2.91. The molecule has 1 aliphatic heterocycles. The third-order valence-corrected chi connectivity index (χ3v) is 5.08. The van der Waals surface area contributed by atoms with E-state index in [1.54, 1.807) is 28.8 Å². The van der Waals surface area contributed by atoms with Crippen molar-refractivity contribution >= 4 is 21.8 Å². The number of fused-ring (bicyclic) bond motifs is 1.